The Bertz CT molecular complexity index is 1050. The Morgan fingerprint density at radius 2 is 1.77 bits per heavy atom. The lowest BCUT2D eigenvalue weighted by atomic mass is 10.2. The van der Waals surface area contributed by atoms with Gasteiger partial charge in [-0.2, -0.15) is 13.2 Å². The molecule has 4 nitrogen and oxygen atoms in total. The lowest BCUT2D eigenvalue weighted by Crippen LogP contribution is -2.31. The van der Waals surface area contributed by atoms with Crippen LogP contribution in [0, 0.1) is 0 Å². The molecule has 0 saturated carbocycles. The first-order valence-corrected chi connectivity index (χ1v) is 9.68. The molecule has 26 heavy (non-hydrogen) atoms. The van der Waals surface area contributed by atoms with Gasteiger partial charge in [-0.05, 0) is 47.1 Å². The number of benzene rings is 2. The highest BCUT2D eigenvalue weighted by molar-refractivity contribution is 9.10. The van der Waals surface area contributed by atoms with E-state index in [1.54, 1.807) is 24.3 Å². The lowest BCUT2D eigenvalue weighted by molar-refractivity contribution is -0.189. The Morgan fingerprint density at radius 3 is 2.38 bits per heavy atom. The van der Waals surface area contributed by atoms with E-state index in [9.17, 15) is 21.6 Å². The summed E-state index contributed by atoms with van der Waals surface area (Å²) in [6, 6.07) is 12.0. The summed E-state index contributed by atoms with van der Waals surface area (Å²) >= 11 is 3.26. The van der Waals surface area contributed by atoms with Crippen molar-refractivity contribution >= 4 is 36.9 Å². The molecule has 0 fully saturated rings. The smallest absolute Gasteiger partial charge is 0.425 e. The molecule has 1 atom stereocenters. The summed E-state index contributed by atoms with van der Waals surface area (Å²) in [7, 11) is -3.89. The van der Waals surface area contributed by atoms with E-state index in [0.717, 1.165) is 10.9 Å². The van der Waals surface area contributed by atoms with Gasteiger partial charge in [-0.3, -0.25) is 0 Å². The van der Waals surface area contributed by atoms with Gasteiger partial charge in [-0.1, -0.05) is 18.2 Å². The number of hydrogen-bond acceptors (Lipinski definition) is 3. The van der Waals surface area contributed by atoms with Gasteiger partial charge >= 0.3 is 6.18 Å². The van der Waals surface area contributed by atoms with E-state index in [2.05, 4.69) is 15.9 Å². The van der Waals surface area contributed by atoms with Crippen LogP contribution in [-0.4, -0.2) is 24.7 Å². The molecule has 9 heteroatoms. The van der Waals surface area contributed by atoms with Crippen molar-refractivity contribution in [2.24, 2.45) is 0 Å². The number of nitrogens with zero attached hydrogens (tertiary/aromatic N) is 1. The Labute approximate surface area is 156 Å². The Kier molecular flexibility index (Phi) is 4.78. The molecule has 0 saturated heterocycles. The summed E-state index contributed by atoms with van der Waals surface area (Å²) in [5.74, 6) is -0.0857. The van der Waals surface area contributed by atoms with Gasteiger partial charge in [0, 0.05) is 22.1 Å². The highest BCUT2D eigenvalue weighted by Gasteiger charge is 2.38. The number of hydrogen-bond donors (Lipinski definition) is 0. The number of alkyl halides is 3. The standard InChI is InChI=1S/C17H13BrF3NO3S/c1-11(17(19,20)21)25-12-9-15(18)14-7-8-22(16(14)10-12)26(23,24)13-5-3-2-4-6-13/h2-11H,1H3. The maximum absolute atomic E-state index is 12.8. The molecule has 0 bridgehead atoms. The maximum Gasteiger partial charge on any atom is 0.425 e. The van der Waals surface area contributed by atoms with E-state index in [1.165, 1.54) is 30.5 Å². The Hall–Kier alpha value is -2.00. The zero-order chi connectivity index (χ0) is 19.1. The van der Waals surface area contributed by atoms with Gasteiger partial charge in [0.1, 0.15) is 5.75 Å². The predicted octanol–water partition coefficient (Wildman–Crippen LogP) is 4.97. The minimum absolute atomic E-state index is 0.0728. The molecule has 1 heterocycles. The molecule has 3 rings (SSSR count). The average molecular weight is 448 g/mol. The third-order valence-corrected chi connectivity index (χ3v) is 6.13. The molecule has 1 unspecified atom stereocenters. The van der Waals surface area contributed by atoms with Gasteiger partial charge in [-0.15, -0.1) is 0 Å². The highest BCUT2D eigenvalue weighted by atomic mass is 79.9. The van der Waals surface area contributed by atoms with Crippen LogP contribution in [0.15, 0.2) is 64.1 Å². The maximum atomic E-state index is 12.8. The SMILES string of the molecule is CC(Oc1cc(Br)c2ccn(S(=O)(=O)c3ccccc3)c2c1)C(F)(F)F. The first-order valence-electron chi connectivity index (χ1n) is 7.45. The third kappa shape index (κ3) is 3.45. The molecule has 3 aromatic rings. The van der Waals surface area contributed by atoms with Crippen LogP contribution in [0.25, 0.3) is 10.9 Å². The monoisotopic (exact) mass is 447 g/mol. The summed E-state index contributed by atoms with van der Waals surface area (Å²) in [6.45, 7) is 0.887. The minimum atomic E-state index is -4.53. The van der Waals surface area contributed by atoms with Crippen LogP contribution in [0.2, 0.25) is 0 Å². The number of ether oxygens (including phenoxy) is 1. The number of aromatic nitrogens is 1. The van der Waals surface area contributed by atoms with Gasteiger partial charge in [0.25, 0.3) is 10.0 Å². The molecule has 0 spiro atoms. The van der Waals surface area contributed by atoms with E-state index in [0.29, 0.717) is 9.86 Å². The number of halogens is 4. The average Bonchev–Trinajstić information content (AvgIpc) is 3.00. The van der Waals surface area contributed by atoms with Crippen molar-refractivity contribution in [3.63, 3.8) is 0 Å². The predicted molar refractivity (Wildman–Crippen MR) is 94.8 cm³/mol. The minimum Gasteiger partial charge on any atom is -0.481 e. The molecule has 138 valence electrons. The molecule has 0 N–H and O–H groups in total. The van der Waals surface area contributed by atoms with Crippen LogP contribution in [0.4, 0.5) is 13.2 Å². The van der Waals surface area contributed by atoms with E-state index in [1.807, 2.05) is 0 Å². The molecule has 2 aromatic carbocycles. The van der Waals surface area contributed by atoms with Gasteiger partial charge in [-0.25, -0.2) is 12.4 Å². The van der Waals surface area contributed by atoms with E-state index < -0.39 is 22.3 Å². The second-order valence-corrected chi connectivity index (χ2v) is 8.24. The van der Waals surface area contributed by atoms with Crippen molar-refractivity contribution in [1.29, 1.82) is 0 Å². The molecule has 0 aliphatic carbocycles. The van der Waals surface area contributed by atoms with Gasteiger partial charge in [0.2, 0.25) is 0 Å². The van der Waals surface area contributed by atoms with Crippen molar-refractivity contribution in [2.45, 2.75) is 24.1 Å². The van der Waals surface area contributed by atoms with Crippen LogP contribution < -0.4 is 4.74 Å². The first-order chi connectivity index (χ1) is 12.1. The van der Waals surface area contributed by atoms with Crippen LogP contribution in [0.5, 0.6) is 5.75 Å². The van der Waals surface area contributed by atoms with Gasteiger partial charge < -0.3 is 4.74 Å². The van der Waals surface area contributed by atoms with Gasteiger partial charge in [0.05, 0.1) is 10.4 Å². The van der Waals surface area contributed by atoms with Crippen molar-refractivity contribution in [3.8, 4) is 5.75 Å². The van der Waals surface area contributed by atoms with Crippen molar-refractivity contribution in [3.05, 3.63) is 59.2 Å². The molecular formula is C17H13BrF3NO3S. The number of rotatable bonds is 4. The van der Waals surface area contributed by atoms with E-state index in [-0.39, 0.29) is 16.2 Å². The molecule has 0 aliphatic rings. The second kappa shape index (κ2) is 6.62. The van der Waals surface area contributed by atoms with Crippen molar-refractivity contribution in [2.75, 3.05) is 0 Å². The lowest BCUT2D eigenvalue weighted by Gasteiger charge is -2.18. The van der Waals surface area contributed by atoms with Crippen LogP contribution >= 0.6 is 15.9 Å². The first kappa shape index (κ1) is 18.8. The highest BCUT2D eigenvalue weighted by Crippen LogP contribution is 2.34. The number of fused-ring (bicyclic) bond motifs is 1. The van der Waals surface area contributed by atoms with Crippen LogP contribution in [0.1, 0.15) is 6.92 Å². The Balaban J connectivity index is 2.12. The summed E-state index contributed by atoms with van der Waals surface area (Å²) in [6.07, 6.45) is -5.20. The fourth-order valence-electron chi connectivity index (χ4n) is 2.40. The zero-order valence-corrected chi connectivity index (χ0v) is 15.8. The fraction of sp³-hybridized carbons (Fsp3) is 0.176. The summed E-state index contributed by atoms with van der Waals surface area (Å²) < 4.78 is 70.3. The summed E-state index contributed by atoms with van der Waals surface area (Å²) in [5.41, 5.74) is 0.215. The molecule has 1 aromatic heterocycles. The largest absolute Gasteiger partial charge is 0.481 e. The summed E-state index contributed by atoms with van der Waals surface area (Å²) in [5, 5.41) is 0.538. The summed E-state index contributed by atoms with van der Waals surface area (Å²) in [4.78, 5) is 0.0728. The van der Waals surface area contributed by atoms with E-state index >= 15 is 0 Å². The van der Waals surface area contributed by atoms with Crippen LogP contribution in [-0.2, 0) is 10.0 Å². The van der Waals surface area contributed by atoms with Gasteiger partial charge in [0.15, 0.2) is 6.10 Å². The zero-order valence-electron chi connectivity index (χ0n) is 13.4. The molecule has 0 amide bonds. The normalized spacial score (nSPS) is 13.7. The quantitative estimate of drug-likeness (QED) is 0.567. The Morgan fingerprint density at radius 1 is 1.12 bits per heavy atom. The topological polar surface area (TPSA) is 48.3 Å². The van der Waals surface area contributed by atoms with Crippen molar-refractivity contribution < 1.29 is 26.3 Å². The van der Waals surface area contributed by atoms with Crippen molar-refractivity contribution in [1.82, 2.24) is 3.97 Å². The van der Waals surface area contributed by atoms with E-state index in [4.69, 9.17) is 4.74 Å². The molecule has 0 aliphatic heterocycles. The second-order valence-electron chi connectivity index (χ2n) is 5.57. The molecular weight excluding hydrogens is 435 g/mol. The fourth-order valence-corrected chi connectivity index (χ4v) is 4.32. The third-order valence-electron chi connectivity index (χ3n) is 3.77. The van der Waals surface area contributed by atoms with Crippen LogP contribution in [0.3, 0.4) is 0 Å². The molecule has 0 radical (unpaired) electrons.